The molecule has 6 N–H and O–H groups in total. The molecule has 1 unspecified atom stereocenters. The van der Waals surface area contributed by atoms with Crippen molar-refractivity contribution in [2.75, 3.05) is 11.9 Å². The molecule has 0 spiro atoms. The van der Waals surface area contributed by atoms with E-state index in [9.17, 15) is 20.1 Å². The first-order valence-electron chi connectivity index (χ1n) is 10.5. The second kappa shape index (κ2) is 9.84. The standard InChI is InChI=1S/C24H30N4O4/c1-15-7-22(28-27-15)26-23(32)9-16-5-4-6-17(8-16)13-24(2,3)25-14-21(31)18-10-19(29)12-20(30)11-18/h4-8,10-12,21,25,29-31H,9,13-14H2,1-3H3,(H2,26,27,28,32). The molecular formula is C24H30N4O4. The van der Waals surface area contributed by atoms with Crippen LogP contribution in [0.15, 0.2) is 48.5 Å². The van der Waals surface area contributed by atoms with Gasteiger partial charge in [0.2, 0.25) is 5.91 Å². The lowest BCUT2D eigenvalue weighted by Crippen LogP contribution is -2.43. The number of H-pyrrole nitrogens is 1. The number of benzene rings is 2. The summed E-state index contributed by atoms with van der Waals surface area (Å²) < 4.78 is 0. The highest BCUT2D eigenvalue weighted by Gasteiger charge is 2.21. The second-order valence-electron chi connectivity index (χ2n) is 8.72. The number of carbonyl (C=O) groups is 1. The van der Waals surface area contributed by atoms with Crippen LogP contribution in [0.25, 0.3) is 0 Å². The molecule has 8 heteroatoms. The molecule has 0 bridgehead atoms. The maximum absolute atomic E-state index is 12.3. The lowest BCUT2D eigenvalue weighted by Gasteiger charge is -2.28. The van der Waals surface area contributed by atoms with E-state index in [1.807, 2.05) is 45.0 Å². The number of anilines is 1. The van der Waals surface area contributed by atoms with Crippen molar-refractivity contribution in [1.29, 1.82) is 0 Å². The number of hydrogen-bond acceptors (Lipinski definition) is 6. The average Bonchev–Trinajstić information content (AvgIpc) is 3.09. The van der Waals surface area contributed by atoms with Crippen LogP contribution < -0.4 is 10.6 Å². The second-order valence-corrected chi connectivity index (χ2v) is 8.72. The number of aliphatic hydroxyl groups is 1. The van der Waals surface area contributed by atoms with Gasteiger partial charge in [-0.2, -0.15) is 5.10 Å². The van der Waals surface area contributed by atoms with E-state index in [2.05, 4.69) is 20.8 Å². The number of nitrogens with one attached hydrogen (secondary N) is 3. The lowest BCUT2D eigenvalue weighted by molar-refractivity contribution is -0.115. The van der Waals surface area contributed by atoms with Gasteiger partial charge < -0.3 is 26.0 Å². The van der Waals surface area contributed by atoms with Crippen LogP contribution in [0.2, 0.25) is 0 Å². The van der Waals surface area contributed by atoms with Gasteiger partial charge in [-0.15, -0.1) is 0 Å². The monoisotopic (exact) mass is 438 g/mol. The van der Waals surface area contributed by atoms with E-state index in [1.165, 1.54) is 18.2 Å². The number of aromatic hydroxyl groups is 2. The van der Waals surface area contributed by atoms with Gasteiger partial charge in [0.1, 0.15) is 11.5 Å². The molecule has 8 nitrogen and oxygen atoms in total. The topological polar surface area (TPSA) is 130 Å². The molecule has 0 aliphatic rings. The van der Waals surface area contributed by atoms with E-state index >= 15 is 0 Å². The fraction of sp³-hybridized carbons (Fsp3) is 0.333. The molecule has 0 saturated carbocycles. The first-order valence-corrected chi connectivity index (χ1v) is 10.5. The minimum atomic E-state index is -0.881. The number of phenolic OH excluding ortho intramolecular Hbond substituents is 2. The van der Waals surface area contributed by atoms with Gasteiger partial charge in [0, 0.05) is 29.9 Å². The summed E-state index contributed by atoms with van der Waals surface area (Å²) in [6.45, 7) is 6.17. The third-order valence-corrected chi connectivity index (χ3v) is 5.06. The molecule has 0 radical (unpaired) electrons. The third kappa shape index (κ3) is 6.83. The minimum Gasteiger partial charge on any atom is -0.508 e. The highest BCUT2D eigenvalue weighted by atomic mass is 16.3. The van der Waals surface area contributed by atoms with Crippen LogP contribution in [-0.4, -0.2) is 43.5 Å². The highest BCUT2D eigenvalue weighted by Crippen LogP contribution is 2.25. The summed E-state index contributed by atoms with van der Waals surface area (Å²) in [5, 5.41) is 42.6. The number of aliphatic hydroxyl groups excluding tert-OH is 1. The summed E-state index contributed by atoms with van der Waals surface area (Å²) in [6, 6.07) is 13.7. The zero-order chi connectivity index (χ0) is 23.3. The van der Waals surface area contributed by atoms with Gasteiger partial charge in [0.15, 0.2) is 5.82 Å². The molecule has 3 aromatic rings. The van der Waals surface area contributed by atoms with Crippen LogP contribution >= 0.6 is 0 Å². The van der Waals surface area contributed by atoms with Crippen molar-refractivity contribution >= 4 is 11.7 Å². The first-order chi connectivity index (χ1) is 15.1. The number of aromatic nitrogens is 2. The fourth-order valence-corrected chi connectivity index (χ4v) is 3.58. The predicted molar refractivity (Wildman–Crippen MR) is 123 cm³/mol. The SMILES string of the molecule is Cc1cc(NC(=O)Cc2cccc(CC(C)(C)NCC(O)c3cc(O)cc(O)c3)c2)n[nH]1. The number of carbonyl (C=O) groups excluding carboxylic acids is 1. The van der Waals surface area contributed by atoms with Crippen LogP contribution in [0, 0.1) is 6.92 Å². The maximum Gasteiger partial charge on any atom is 0.229 e. The minimum absolute atomic E-state index is 0.0958. The van der Waals surface area contributed by atoms with Crippen molar-refractivity contribution in [1.82, 2.24) is 15.5 Å². The molecule has 1 aromatic heterocycles. The highest BCUT2D eigenvalue weighted by molar-refractivity contribution is 5.91. The molecule has 0 aliphatic carbocycles. The number of rotatable bonds is 9. The molecular weight excluding hydrogens is 408 g/mol. The van der Waals surface area contributed by atoms with Gasteiger partial charge in [-0.3, -0.25) is 9.89 Å². The summed E-state index contributed by atoms with van der Waals surface area (Å²) >= 11 is 0. The Hall–Kier alpha value is -3.36. The summed E-state index contributed by atoms with van der Waals surface area (Å²) in [5.41, 5.74) is 2.94. The number of amides is 1. The maximum atomic E-state index is 12.3. The van der Waals surface area contributed by atoms with Gasteiger partial charge in [-0.05, 0) is 56.0 Å². The van der Waals surface area contributed by atoms with Gasteiger partial charge in [0.25, 0.3) is 0 Å². The van der Waals surface area contributed by atoms with E-state index in [0.717, 1.165) is 16.8 Å². The van der Waals surface area contributed by atoms with Crippen molar-refractivity contribution in [3.05, 3.63) is 70.9 Å². The molecule has 0 aliphatic heterocycles. The van der Waals surface area contributed by atoms with E-state index in [1.54, 1.807) is 6.07 Å². The summed E-state index contributed by atoms with van der Waals surface area (Å²) in [7, 11) is 0. The Labute approximate surface area is 187 Å². The van der Waals surface area contributed by atoms with Crippen LogP contribution in [0.4, 0.5) is 5.82 Å². The van der Waals surface area contributed by atoms with E-state index < -0.39 is 6.10 Å². The normalized spacial score (nSPS) is 12.5. The number of aryl methyl sites for hydroxylation is 1. The van der Waals surface area contributed by atoms with Crippen molar-refractivity contribution in [2.24, 2.45) is 0 Å². The van der Waals surface area contributed by atoms with Crippen LogP contribution in [0.3, 0.4) is 0 Å². The fourth-order valence-electron chi connectivity index (χ4n) is 3.58. The van der Waals surface area contributed by atoms with Gasteiger partial charge in [0.05, 0.1) is 12.5 Å². The van der Waals surface area contributed by atoms with Crippen LogP contribution in [-0.2, 0) is 17.6 Å². The lowest BCUT2D eigenvalue weighted by atomic mass is 9.93. The molecule has 3 rings (SSSR count). The number of nitrogens with zero attached hydrogens (tertiary/aromatic N) is 1. The van der Waals surface area contributed by atoms with Crippen molar-refractivity contribution < 1.29 is 20.1 Å². The first kappa shape index (κ1) is 23.3. The molecule has 1 atom stereocenters. The van der Waals surface area contributed by atoms with Gasteiger partial charge >= 0.3 is 0 Å². The largest absolute Gasteiger partial charge is 0.508 e. The zero-order valence-electron chi connectivity index (χ0n) is 18.5. The van der Waals surface area contributed by atoms with Crippen molar-refractivity contribution in [3.8, 4) is 11.5 Å². The number of β-amino-alcohol motifs (C(OH)–C–C–N with tert-alkyl or cyclic N) is 1. The summed E-state index contributed by atoms with van der Waals surface area (Å²) in [4.78, 5) is 12.3. The molecule has 1 heterocycles. The van der Waals surface area contributed by atoms with E-state index in [-0.39, 0.29) is 35.9 Å². The van der Waals surface area contributed by atoms with Crippen LogP contribution in [0.5, 0.6) is 11.5 Å². The summed E-state index contributed by atoms with van der Waals surface area (Å²) in [6.07, 6.45) is 0.0415. The number of hydrogen-bond donors (Lipinski definition) is 6. The smallest absolute Gasteiger partial charge is 0.229 e. The molecule has 0 fully saturated rings. The van der Waals surface area contributed by atoms with Crippen molar-refractivity contribution in [3.63, 3.8) is 0 Å². The zero-order valence-corrected chi connectivity index (χ0v) is 18.5. The van der Waals surface area contributed by atoms with Crippen molar-refractivity contribution in [2.45, 2.75) is 45.3 Å². The molecule has 1 amide bonds. The Morgan fingerprint density at radius 1 is 1.09 bits per heavy atom. The van der Waals surface area contributed by atoms with E-state index in [0.29, 0.717) is 17.8 Å². The third-order valence-electron chi connectivity index (χ3n) is 5.06. The van der Waals surface area contributed by atoms with Gasteiger partial charge in [-0.1, -0.05) is 24.3 Å². The Balaban J connectivity index is 1.56. The molecule has 170 valence electrons. The summed E-state index contributed by atoms with van der Waals surface area (Å²) in [5.74, 6) is 0.180. The number of phenols is 2. The van der Waals surface area contributed by atoms with Crippen LogP contribution in [0.1, 0.15) is 42.3 Å². The van der Waals surface area contributed by atoms with E-state index in [4.69, 9.17) is 0 Å². The average molecular weight is 439 g/mol. The molecule has 0 saturated heterocycles. The Morgan fingerprint density at radius 3 is 2.44 bits per heavy atom. The van der Waals surface area contributed by atoms with Gasteiger partial charge in [-0.25, -0.2) is 0 Å². The number of aromatic amines is 1. The predicted octanol–water partition coefficient (Wildman–Crippen LogP) is 2.95. The Morgan fingerprint density at radius 2 is 1.78 bits per heavy atom. The Kier molecular flexibility index (Phi) is 7.17. The molecule has 32 heavy (non-hydrogen) atoms. The quantitative estimate of drug-likeness (QED) is 0.305. The molecule has 2 aromatic carbocycles. The Bertz CT molecular complexity index is 1060.